The van der Waals surface area contributed by atoms with Crippen molar-refractivity contribution in [3.8, 4) is 11.1 Å². The number of nitrogens with zero attached hydrogens (tertiary/aromatic N) is 2. The Balaban J connectivity index is 1.36. The van der Waals surface area contributed by atoms with Gasteiger partial charge in [-0.2, -0.15) is 0 Å². The Kier molecular flexibility index (Phi) is 6.23. The Morgan fingerprint density at radius 3 is 2.32 bits per heavy atom. The van der Waals surface area contributed by atoms with E-state index >= 15 is 0 Å². The van der Waals surface area contributed by atoms with Gasteiger partial charge in [0.2, 0.25) is 0 Å². The van der Waals surface area contributed by atoms with Crippen LogP contribution in [-0.2, 0) is 6.42 Å². The van der Waals surface area contributed by atoms with Crippen LogP contribution >= 0.6 is 0 Å². The highest BCUT2D eigenvalue weighted by Crippen LogP contribution is 2.29. The largest absolute Gasteiger partial charge is 0.299 e. The third-order valence-electron chi connectivity index (χ3n) is 5.93. The van der Waals surface area contributed by atoms with Crippen LogP contribution in [0.3, 0.4) is 0 Å². The summed E-state index contributed by atoms with van der Waals surface area (Å²) in [7, 11) is 0. The maximum absolute atomic E-state index is 14.4. The number of pyridine rings is 1. The lowest BCUT2D eigenvalue weighted by molar-refractivity contribution is 0.305. The summed E-state index contributed by atoms with van der Waals surface area (Å²) in [5.74, 6) is -2.77. The molecule has 0 amide bonds. The van der Waals surface area contributed by atoms with E-state index in [-0.39, 0.29) is 11.1 Å². The van der Waals surface area contributed by atoms with E-state index in [2.05, 4.69) is 40.2 Å². The highest BCUT2D eigenvalue weighted by molar-refractivity contribution is 5.68. The van der Waals surface area contributed by atoms with Crippen LogP contribution in [-0.4, -0.2) is 29.5 Å². The minimum atomic E-state index is -1.11. The normalized spacial score (nSPS) is 14.5. The molecule has 0 spiro atoms. The summed E-state index contributed by atoms with van der Waals surface area (Å²) in [5, 5.41) is 0. The molecule has 0 N–H and O–H groups in total. The van der Waals surface area contributed by atoms with Crippen LogP contribution in [0.2, 0.25) is 0 Å². The zero-order chi connectivity index (χ0) is 22.0. The maximum atomic E-state index is 14.4. The summed E-state index contributed by atoms with van der Waals surface area (Å²) >= 11 is 0. The van der Waals surface area contributed by atoms with Crippen molar-refractivity contribution in [2.45, 2.75) is 26.7 Å². The zero-order valence-corrected chi connectivity index (χ0v) is 17.8. The molecule has 1 aromatic heterocycles. The van der Waals surface area contributed by atoms with E-state index in [0.29, 0.717) is 13.0 Å². The Bertz CT molecular complexity index is 1100. The second-order valence-corrected chi connectivity index (χ2v) is 8.07. The monoisotopic (exact) mass is 422 g/mol. The van der Waals surface area contributed by atoms with Crippen molar-refractivity contribution in [1.29, 1.82) is 0 Å². The number of benzene rings is 2. The highest BCUT2D eigenvalue weighted by Gasteiger charge is 2.20. The van der Waals surface area contributed by atoms with Crippen LogP contribution in [0.5, 0.6) is 0 Å². The SMILES string of the molecule is Cc1ccc(-c2ccc(CCN3CC=C(c4cc(F)c(F)c(C)c4F)CC3)cc2)cn1. The van der Waals surface area contributed by atoms with Gasteiger partial charge in [0.1, 0.15) is 5.82 Å². The van der Waals surface area contributed by atoms with Gasteiger partial charge in [0, 0.05) is 48.2 Å². The van der Waals surface area contributed by atoms with Gasteiger partial charge < -0.3 is 0 Å². The van der Waals surface area contributed by atoms with Crippen LogP contribution in [0.25, 0.3) is 16.7 Å². The van der Waals surface area contributed by atoms with Gasteiger partial charge in [-0.1, -0.05) is 36.4 Å². The first-order chi connectivity index (χ1) is 14.9. The maximum Gasteiger partial charge on any atom is 0.164 e. The molecular weight excluding hydrogens is 397 g/mol. The molecule has 31 heavy (non-hydrogen) atoms. The molecule has 0 bridgehead atoms. The minimum Gasteiger partial charge on any atom is -0.299 e. The molecule has 2 heterocycles. The number of halogens is 3. The second kappa shape index (κ2) is 9.06. The first kappa shape index (κ1) is 21.3. The predicted molar refractivity (Wildman–Crippen MR) is 118 cm³/mol. The van der Waals surface area contributed by atoms with Gasteiger partial charge in [0.25, 0.3) is 0 Å². The number of rotatable bonds is 5. The quantitative estimate of drug-likeness (QED) is 0.461. The molecule has 5 heteroatoms. The minimum absolute atomic E-state index is 0.178. The van der Waals surface area contributed by atoms with Gasteiger partial charge in [-0.15, -0.1) is 0 Å². The smallest absolute Gasteiger partial charge is 0.164 e. The Hall–Kier alpha value is -2.92. The fourth-order valence-corrected chi connectivity index (χ4v) is 3.91. The van der Waals surface area contributed by atoms with Crippen molar-refractivity contribution in [2.75, 3.05) is 19.6 Å². The van der Waals surface area contributed by atoms with Crippen LogP contribution in [0, 0.1) is 31.3 Å². The molecule has 2 nitrogen and oxygen atoms in total. The number of aryl methyl sites for hydroxylation is 1. The molecule has 4 rings (SSSR count). The fourth-order valence-electron chi connectivity index (χ4n) is 3.91. The average Bonchev–Trinajstić information content (AvgIpc) is 2.80. The molecule has 1 aliphatic heterocycles. The van der Waals surface area contributed by atoms with Crippen molar-refractivity contribution in [2.24, 2.45) is 0 Å². The molecule has 2 aromatic carbocycles. The lowest BCUT2D eigenvalue weighted by Crippen LogP contribution is -2.30. The van der Waals surface area contributed by atoms with Gasteiger partial charge in [-0.3, -0.25) is 9.88 Å². The van der Waals surface area contributed by atoms with Crippen LogP contribution < -0.4 is 0 Å². The first-order valence-electron chi connectivity index (χ1n) is 10.5. The first-order valence-corrected chi connectivity index (χ1v) is 10.5. The molecule has 0 fully saturated rings. The van der Waals surface area contributed by atoms with E-state index in [1.165, 1.54) is 12.5 Å². The third-order valence-corrected chi connectivity index (χ3v) is 5.93. The van der Waals surface area contributed by atoms with Gasteiger partial charge in [0.05, 0.1) is 0 Å². The van der Waals surface area contributed by atoms with Crippen molar-refractivity contribution >= 4 is 5.57 Å². The molecule has 0 aliphatic carbocycles. The molecule has 0 saturated carbocycles. The van der Waals surface area contributed by atoms with E-state index in [1.54, 1.807) is 0 Å². The summed E-state index contributed by atoms with van der Waals surface area (Å²) in [5.41, 5.74) is 5.16. The summed E-state index contributed by atoms with van der Waals surface area (Å²) in [4.78, 5) is 6.63. The topological polar surface area (TPSA) is 16.1 Å². The van der Waals surface area contributed by atoms with E-state index in [0.717, 1.165) is 48.0 Å². The fraction of sp³-hybridized carbons (Fsp3) is 0.269. The molecule has 0 saturated heterocycles. The van der Waals surface area contributed by atoms with Crippen molar-refractivity contribution in [3.63, 3.8) is 0 Å². The van der Waals surface area contributed by atoms with E-state index < -0.39 is 17.5 Å². The lowest BCUT2D eigenvalue weighted by Gasteiger charge is -2.27. The van der Waals surface area contributed by atoms with Gasteiger partial charge in [-0.25, -0.2) is 13.2 Å². The summed E-state index contributed by atoms with van der Waals surface area (Å²) in [6, 6.07) is 13.6. The molecular formula is C26H25F3N2. The summed E-state index contributed by atoms with van der Waals surface area (Å²) in [6.07, 6.45) is 5.33. The molecule has 0 unspecified atom stereocenters. The molecule has 1 aliphatic rings. The summed E-state index contributed by atoms with van der Waals surface area (Å²) in [6.45, 7) is 5.56. The van der Waals surface area contributed by atoms with Crippen molar-refractivity contribution in [3.05, 3.63) is 94.6 Å². The molecule has 160 valence electrons. The lowest BCUT2D eigenvalue weighted by atomic mass is 9.96. The number of aromatic nitrogens is 1. The average molecular weight is 422 g/mol. The third kappa shape index (κ3) is 4.72. The standard InChI is InChI=1S/C26H25F3N2/c1-17-3-6-22(16-30-17)20-7-4-19(5-8-20)9-12-31-13-10-21(11-14-31)23-15-24(27)26(29)18(2)25(23)28/h3-8,10,15-16H,9,11-14H2,1-2H3. The van der Waals surface area contributed by atoms with Crippen molar-refractivity contribution < 1.29 is 13.2 Å². The molecule has 0 atom stereocenters. The highest BCUT2D eigenvalue weighted by atomic mass is 19.2. The van der Waals surface area contributed by atoms with Gasteiger partial charge in [0.15, 0.2) is 11.6 Å². The van der Waals surface area contributed by atoms with E-state index in [9.17, 15) is 13.2 Å². The Labute approximate surface area is 181 Å². The number of hydrogen-bond donors (Lipinski definition) is 0. The zero-order valence-electron chi connectivity index (χ0n) is 17.8. The van der Waals surface area contributed by atoms with Crippen LogP contribution in [0.1, 0.15) is 28.8 Å². The van der Waals surface area contributed by atoms with E-state index in [4.69, 9.17) is 0 Å². The number of hydrogen-bond acceptors (Lipinski definition) is 2. The van der Waals surface area contributed by atoms with Gasteiger partial charge >= 0.3 is 0 Å². The van der Waals surface area contributed by atoms with Crippen LogP contribution in [0.15, 0.2) is 54.7 Å². The summed E-state index contributed by atoms with van der Waals surface area (Å²) < 4.78 is 41.7. The van der Waals surface area contributed by atoms with E-state index in [1.807, 2.05) is 25.3 Å². The Morgan fingerprint density at radius 2 is 1.68 bits per heavy atom. The Morgan fingerprint density at radius 1 is 0.935 bits per heavy atom. The second-order valence-electron chi connectivity index (χ2n) is 8.07. The van der Waals surface area contributed by atoms with Crippen LogP contribution in [0.4, 0.5) is 13.2 Å². The van der Waals surface area contributed by atoms with Gasteiger partial charge in [-0.05, 0) is 55.5 Å². The molecule has 0 radical (unpaired) electrons. The predicted octanol–water partition coefficient (Wildman–Crippen LogP) is 6.11. The molecule has 3 aromatic rings. The van der Waals surface area contributed by atoms with Crippen molar-refractivity contribution in [1.82, 2.24) is 9.88 Å².